The third-order valence-electron chi connectivity index (χ3n) is 3.73. The topological polar surface area (TPSA) is 61.8 Å². The summed E-state index contributed by atoms with van der Waals surface area (Å²) in [6.07, 6.45) is 6.08. The van der Waals surface area contributed by atoms with Gasteiger partial charge in [0.15, 0.2) is 11.4 Å². The van der Waals surface area contributed by atoms with Crippen molar-refractivity contribution in [3.63, 3.8) is 0 Å². The van der Waals surface area contributed by atoms with Crippen molar-refractivity contribution in [2.75, 3.05) is 19.5 Å². The molecule has 0 saturated heterocycles. The molecule has 120 valence electrons. The van der Waals surface area contributed by atoms with E-state index in [4.69, 9.17) is 20.2 Å². The molecule has 0 unspecified atom stereocenters. The third kappa shape index (κ3) is 3.08. The van der Waals surface area contributed by atoms with Gasteiger partial charge in [0, 0.05) is 18.0 Å². The van der Waals surface area contributed by atoms with Crippen molar-refractivity contribution in [3.8, 4) is 22.8 Å². The Morgan fingerprint density at radius 3 is 2.83 bits per heavy atom. The van der Waals surface area contributed by atoms with E-state index in [1.165, 1.54) is 0 Å². The van der Waals surface area contributed by atoms with Crippen LogP contribution in [0.4, 0.5) is 5.69 Å². The van der Waals surface area contributed by atoms with E-state index < -0.39 is 0 Å². The van der Waals surface area contributed by atoms with E-state index in [-0.39, 0.29) is 0 Å². The summed E-state index contributed by atoms with van der Waals surface area (Å²) in [4.78, 5) is 4.70. The minimum Gasteiger partial charge on any atom is -0.495 e. The number of nitrogens with zero attached hydrogens (tertiary/aromatic N) is 2. The van der Waals surface area contributed by atoms with Crippen molar-refractivity contribution in [2.24, 2.45) is 0 Å². The van der Waals surface area contributed by atoms with Gasteiger partial charge in [0.05, 0.1) is 25.1 Å². The molecule has 0 radical (unpaired) electrons. The molecule has 2 N–H and O–H groups in total. The molecule has 3 rings (SSSR count). The highest BCUT2D eigenvalue weighted by Gasteiger charge is 2.10. The van der Waals surface area contributed by atoms with Gasteiger partial charge in [0.2, 0.25) is 0 Å². The fourth-order valence-electron chi connectivity index (χ4n) is 2.46. The first-order valence-corrected chi connectivity index (χ1v) is 7.77. The maximum Gasteiger partial charge on any atom is 0.180 e. The summed E-state index contributed by atoms with van der Waals surface area (Å²) in [5.74, 6) is 1.47. The molecule has 0 aliphatic rings. The summed E-state index contributed by atoms with van der Waals surface area (Å²) in [5, 5.41) is 0. The Kier molecular flexibility index (Phi) is 4.37. The molecular weight excluding hydrogens is 290 g/mol. The van der Waals surface area contributed by atoms with Crippen LogP contribution in [-0.2, 0) is 0 Å². The number of imidazole rings is 1. The van der Waals surface area contributed by atoms with Crippen LogP contribution in [0, 0.1) is 0 Å². The average molecular weight is 311 g/mol. The summed E-state index contributed by atoms with van der Waals surface area (Å²) < 4.78 is 13.0. The molecule has 0 atom stereocenters. The van der Waals surface area contributed by atoms with Crippen molar-refractivity contribution in [1.82, 2.24) is 9.38 Å². The maximum absolute atomic E-state index is 5.99. The normalized spacial score (nSPS) is 10.9. The highest BCUT2D eigenvalue weighted by atomic mass is 16.5. The Morgan fingerprint density at radius 1 is 1.22 bits per heavy atom. The van der Waals surface area contributed by atoms with Gasteiger partial charge in [0.25, 0.3) is 0 Å². The predicted molar refractivity (Wildman–Crippen MR) is 92.0 cm³/mol. The summed E-state index contributed by atoms with van der Waals surface area (Å²) in [7, 11) is 1.61. The first-order valence-electron chi connectivity index (χ1n) is 7.77. The fraction of sp³-hybridized carbons (Fsp3) is 0.278. The number of unbranched alkanes of at least 4 members (excludes halogenated alkanes) is 1. The molecule has 1 aromatic carbocycles. The molecule has 0 fully saturated rings. The van der Waals surface area contributed by atoms with Crippen LogP contribution in [0.15, 0.2) is 42.7 Å². The lowest BCUT2D eigenvalue weighted by molar-refractivity contribution is 0.311. The molecule has 0 aliphatic heterocycles. The van der Waals surface area contributed by atoms with Crippen molar-refractivity contribution in [3.05, 3.63) is 42.7 Å². The minimum atomic E-state index is 0.599. The number of anilines is 1. The molecule has 3 aromatic rings. The van der Waals surface area contributed by atoms with Crippen molar-refractivity contribution in [1.29, 1.82) is 0 Å². The number of fused-ring (bicyclic) bond motifs is 1. The van der Waals surface area contributed by atoms with E-state index in [9.17, 15) is 0 Å². The summed E-state index contributed by atoms with van der Waals surface area (Å²) in [5.41, 5.74) is 9.20. The zero-order valence-corrected chi connectivity index (χ0v) is 13.5. The lowest BCUT2D eigenvalue weighted by atomic mass is 10.1. The van der Waals surface area contributed by atoms with E-state index in [2.05, 4.69) is 6.92 Å². The van der Waals surface area contributed by atoms with Crippen molar-refractivity contribution in [2.45, 2.75) is 19.8 Å². The van der Waals surface area contributed by atoms with Crippen LogP contribution in [-0.4, -0.2) is 23.1 Å². The van der Waals surface area contributed by atoms with Gasteiger partial charge in [-0.05, 0) is 36.8 Å². The monoisotopic (exact) mass is 311 g/mol. The maximum atomic E-state index is 5.99. The Hall–Kier alpha value is -2.69. The first-order chi connectivity index (χ1) is 11.2. The minimum absolute atomic E-state index is 0.599. The molecule has 0 amide bonds. The summed E-state index contributed by atoms with van der Waals surface area (Å²) in [6, 6.07) is 9.59. The number of nitrogen functional groups attached to an aromatic ring is 1. The molecule has 2 aromatic heterocycles. The van der Waals surface area contributed by atoms with Crippen LogP contribution in [0.3, 0.4) is 0 Å². The largest absolute Gasteiger partial charge is 0.495 e. The SMILES string of the molecule is CCCCOc1cccn2cc(-c3ccc(OC)c(N)c3)nc12. The van der Waals surface area contributed by atoms with Crippen molar-refractivity contribution < 1.29 is 9.47 Å². The average Bonchev–Trinajstić information content (AvgIpc) is 3.00. The van der Waals surface area contributed by atoms with Gasteiger partial charge < -0.3 is 19.6 Å². The second-order valence-electron chi connectivity index (χ2n) is 5.39. The fourth-order valence-corrected chi connectivity index (χ4v) is 2.46. The number of rotatable bonds is 6. The summed E-state index contributed by atoms with van der Waals surface area (Å²) >= 11 is 0. The molecule has 5 heteroatoms. The van der Waals surface area contributed by atoms with Gasteiger partial charge in [-0.3, -0.25) is 0 Å². The Bertz CT molecular complexity index is 811. The molecule has 5 nitrogen and oxygen atoms in total. The van der Waals surface area contributed by atoms with E-state index >= 15 is 0 Å². The van der Waals surface area contributed by atoms with E-state index in [1.54, 1.807) is 7.11 Å². The van der Waals surface area contributed by atoms with Gasteiger partial charge in [0.1, 0.15) is 5.75 Å². The van der Waals surface area contributed by atoms with Crippen LogP contribution < -0.4 is 15.2 Å². The van der Waals surface area contributed by atoms with Gasteiger partial charge in [-0.1, -0.05) is 13.3 Å². The van der Waals surface area contributed by atoms with Crippen LogP contribution in [0.2, 0.25) is 0 Å². The predicted octanol–water partition coefficient (Wildman–Crippen LogP) is 3.77. The number of aromatic nitrogens is 2. The number of pyridine rings is 1. The second-order valence-corrected chi connectivity index (χ2v) is 5.39. The number of benzene rings is 1. The van der Waals surface area contributed by atoms with Gasteiger partial charge in [-0.25, -0.2) is 4.98 Å². The lowest BCUT2D eigenvalue weighted by Gasteiger charge is -2.06. The first kappa shape index (κ1) is 15.2. The van der Waals surface area contributed by atoms with Crippen LogP contribution in [0.25, 0.3) is 16.9 Å². The van der Waals surface area contributed by atoms with Gasteiger partial charge >= 0.3 is 0 Å². The molecule has 0 spiro atoms. The molecule has 0 aliphatic carbocycles. The second kappa shape index (κ2) is 6.60. The zero-order chi connectivity index (χ0) is 16.2. The lowest BCUT2D eigenvalue weighted by Crippen LogP contribution is -1.98. The number of methoxy groups -OCH3 is 1. The highest BCUT2D eigenvalue weighted by Crippen LogP contribution is 2.29. The van der Waals surface area contributed by atoms with Gasteiger partial charge in [-0.2, -0.15) is 0 Å². The number of nitrogens with two attached hydrogens (primary N) is 1. The Balaban J connectivity index is 1.96. The van der Waals surface area contributed by atoms with E-state index in [0.717, 1.165) is 35.5 Å². The number of hydrogen-bond donors (Lipinski definition) is 1. The smallest absolute Gasteiger partial charge is 0.180 e. The standard InChI is InChI=1S/C18H21N3O2/c1-3-4-10-23-17-6-5-9-21-12-15(20-18(17)21)13-7-8-16(22-2)14(19)11-13/h5-9,11-12H,3-4,10,19H2,1-2H3. The van der Waals surface area contributed by atoms with E-state index in [0.29, 0.717) is 18.0 Å². The Labute approximate surface area is 135 Å². The zero-order valence-electron chi connectivity index (χ0n) is 13.5. The Morgan fingerprint density at radius 2 is 2.09 bits per heavy atom. The summed E-state index contributed by atoms with van der Waals surface area (Å²) in [6.45, 7) is 2.85. The van der Waals surface area contributed by atoms with E-state index in [1.807, 2.05) is 47.1 Å². The number of ether oxygens (including phenoxy) is 2. The third-order valence-corrected chi connectivity index (χ3v) is 3.73. The number of hydrogen-bond acceptors (Lipinski definition) is 4. The molecule has 0 bridgehead atoms. The molecule has 2 heterocycles. The van der Waals surface area contributed by atoms with Crippen LogP contribution in [0.1, 0.15) is 19.8 Å². The molecule has 23 heavy (non-hydrogen) atoms. The van der Waals surface area contributed by atoms with Crippen molar-refractivity contribution >= 4 is 11.3 Å². The quantitative estimate of drug-likeness (QED) is 0.556. The highest BCUT2D eigenvalue weighted by molar-refractivity contribution is 5.71. The van der Waals surface area contributed by atoms with Crippen LogP contribution in [0.5, 0.6) is 11.5 Å². The molecular formula is C18H21N3O2. The molecule has 0 saturated carbocycles. The van der Waals surface area contributed by atoms with Gasteiger partial charge in [-0.15, -0.1) is 0 Å². The van der Waals surface area contributed by atoms with Crippen LogP contribution >= 0.6 is 0 Å².